The van der Waals surface area contributed by atoms with Crippen LogP contribution in [-0.2, 0) is 13.1 Å². The van der Waals surface area contributed by atoms with Crippen molar-refractivity contribution in [1.82, 2.24) is 15.1 Å². The van der Waals surface area contributed by atoms with E-state index in [-0.39, 0.29) is 0 Å². The summed E-state index contributed by atoms with van der Waals surface area (Å²) in [7, 11) is 0. The first-order valence-electron chi connectivity index (χ1n) is 6.16. The third kappa shape index (κ3) is 2.94. The number of halogens is 1. The van der Waals surface area contributed by atoms with Gasteiger partial charge in [-0.15, -0.1) is 0 Å². The largest absolute Gasteiger partial charge is 0.468 e. The molecular weight excluding hydrogens is 250 g/mol. The molecule has 0 atom stereocenters. The highest BCUT2D eigenvalue weighted by Gasteiger charge is 2.10. The Kier molecular flexibility index (Phi) is 4.44. The van der Waals surface area contributed by atoms with Gasteiger partial charge in [-0.1, -0.05) is 18.5 Å². The number of hydrogen-bond donors (Lipinski definition) is 1. The lowest BCUT2D eigenvalue weighted by Gasteiger charge is -2.06. The van der Waals surface area contributed by atoms with Crippen LogP contribution >= 0.6 is 11.6 Å². The van der Waals surface area contributed by atoms with E-state index in [0.29, 0.717) is 11.6 Å². The van der Waals surface area contributed by atoms with Crippen molar-refractivity contribution in [2.75, 3.05) is 6.54 Å². The van der Waals surface area contributed by atoms with Crippen LogP contribution in [0.1, 0.15) is 30.4 Å². The van der Waals surface area contributed by atoms with Gasteiger partial charge in [0.15, 0.2) is 0 Å². The zero-order valence-electron chi connectivity index (χ0n) is 10.7. The summed E-state index contributed by atoms with van der Waals surface area (Å²) in [5, 5.41) is 8.28. The number of nitrogens with zero attached hydrogens (tertiary/aromatic N) is 2. The molecule has 0 spiro atoms. The molecule has 2 aromatic heterocycles. The monoisotopic (exact) mass is 267 g/mol. The van der Waals surface area contributed by atoms with Crippen LogP contribution in [0.5, 0.6) is 0 Å². The average Bonchev–Trinajstić information content (AvgIpc) is 2.92. The summed E-state index contributed by atoms with van der Waals surface area (Å²) in [6.07, 6.45) is 4.51. The molecule has 2 rings (SSSR count). The zero-order chi connectivity index (χ0) is 13.0. The number of aromatic nitrogens is 2. The van der Waals surface area contributed by atoms with Crippen LogP contribution in [0.2, 0.25) is 5.02 Å². The summed E-state index contributed by atoms with van der Waals surface area (Å²) in [5.74, 6) is 0.967. The van der Waals surface area contributed by atoms with Gasteiger partial charge >= 0.3 is 0 Å². The SMILES string of the molecule is CCCNCc1occc1Cn1ncc(Cl)c1C. The number of nitrogens with one attached hydrogen (secondary N) is 1. The Morgan fingerprint density at radius 1 is 1.50 bits per heavy atom. The molecule has 2 aromatic rings. The highest BCUT2D eigenvalue weighted by atomic mass is 35.5. The van der Waals surface area contributed by atoms with E-state index < -0.39 is 0 Å². The fourth-order valence-electron chi connectivity index (χ4n) is 1.79. The minimum atomic E-state index is 0.693. The van der Waals surface area contributed by atoms with Crippen molar-refractivity contribution in [3.63, 3.8) is 0 Å². The first kappa shape index (κ1) is 13.2. The Labute approximate surface area is 112 Å². The molecule has 0 aliphatic carbocycles. The Hall–Kier alpha value is -1.26. The van der Waals surface area contributed by atoms with E-state index in [4.69, 9.17) is 16.0 Å². The second-order valence-electron chi connectivity index (χ2n) is 4.28. The van der Waals surface area contributed by atoms with E-state index in [0.717, 1.165) is 36.5 Å². The van der Waals surface area contributed by atoms with Crippen LogP contribution in [0, 0.1) is 6.92 Å². The first-order chi connectivity index (χ1) is 8.72. The van der Waals surface area contributed by atoms with Crippen molar-refractivity contribution in [1.29, 1.82) is 0 Å². The van der Waals surface area contributed by atoms with Crippen LogP contribution in [-0.4, -0.2) is 16.3 Å². The number of rotatable bonds is 6. The summed E-state index contributed by atoms with van der Waals surface area (Å²) >= 11 is 5.99. The average molecular weight is 268 g/mol. The van der Waals surface area contributed by atoms with Gasteiger partial charge in [-0.2, -0.15) is 5.10 Å². The third-order valence-corrected chi connectivity index (χ3v) is 3.28. The van der Waals surface area contributed by atoms with Gasteiger partial charge in [-0.3, -0.25) is 4.68 Å². The fraction of sp³-hybridized carbons (Fsp3) is 0.462. The molecule has 0 fully saturated rings. The molecule has 0 aliphatic heterocycles. The minimum absolute atomic E-state index is 0.693. The van der Waals surface area contributed by atoms with Crippen LogP contribution in [0.15, 0.2) is 22.9 Å². The molecule has 0 bridgehead atoms. The van der Waals surface area contributed by atoms with Gasteiger partial charge in [0, 0.05) is 5.56 Å². The van der Waals surface area contributed by atoms with Crippen molar-refractivity contribution in [2.45, 2.75) is 33.4 Å². The normalized spacial score (nSPS) is 11.1. The highest BCUT2D eigenvalue weighted by Crippen LogP contribution is 2.17. The summed E-state index contributed by atoms with van der Waals surface area (Å²) in [4.78, 5) is 0. The second-order valence-corrected chi connectivity index (χ2v) is 4.69. The molecule has 4 nitrogen and oxygen atoms in total. The Morgan fingerprint density at radius 3 is 3.00 bits per heavy atom. The smallest absolute Gasteiger partial charge is 0.122 e. The maximum atomic E-state index is 5.99. The van der Waals surface area contributed by atoms with Gasteiger partial charge in [0.2, 0.25) is 0 Å². The molecule has 0 aromatic carbocycles. The van der Waals surface area contributed by atoms with Gasteiger partial charge in [-0.05, 0) is 26.0 Å². The van der Waals surface area contributed by atoms with Crippen LogP contribution in [0.25, 0.3) is 0 Å². The zero-order valence-corrected chi connectivity index (χ0v) is 11.5. The van der Waals surface area contributed by atoms with Crippen molar-refractivity contribution >= 4 is 11.6 Å². The molecule has 0 unspecified atom stereocenters. The lowest BCUT2D eigenvalue weighted by Crippen LogP contribution is -2.15. The summed E-state index contributed by atoms with van der Waals surface area (Å²) in [5.41, 5.74) is 2.12. The molecule has 0 radical (unpaired) electrons. The summed E-state index contributed by atoms with van der Waals surface area (Å²) in [6, 6.07) is 1.98. The molecule has 98 valence electrons. The molecule has 2 heterocycles. The van der Waals surface area contributed by atoms with Crippen LogP contribution < -0.4 is 5.32 Å². The van der Waals surface area contributed by atoms with Crippen molar-refractivity contribution in [3.8, 4) is 0 Å². The van der Waals surface area contributed by atoms with E-state index in [1.54, 1.807) is 12.5 Å². The Morgan fingerprint density at radius 2 is 2.33 bits per heavy atom. The summed E-state index contributed by atoms with van der Waals surface area (Å²) in [6.45, 7) is 6.55. The number of furan rings is 1. The van der Waals surface area contributed by atoms with E-state index in [1.165, 1.54) is 0 Å². The van der Waals surface area contributed by atoms with Gasteiger partial charge < -0.3 is 9.73 Å². The van der Waals surface area contributed by atoms with Crippen molar-refractivity contribution in [2.24, 2.45) is 0 Å². The molecule has 1 N–H and O–H groups in total. The minimum Gasteiger partial charge on any atom is -0.468 e. The van der Waals surface area contributed by atoms with E-state index in [2.05, 4.69) is 17.3 Å². The molecule has 0 amide bonds. The maximum Gasteiger partial charge on any atom is 0.122 e. The molecule has 18 heavy (non-hydrogen) atoms. The predicted molar refractivity (Wildman–Crippen MR) is 71.8 cm³/mol. The molecule has 0 saturated heterocycles. The predicted octanol–water partition coefficient (Wildman–Crippen LogP) is 2.99. The Balaban J connectivity index is 2.05. The quantitative estimate of drug-likeness (QED) is 0.819. The highest BCUT2D eigenvalue weighted by molar-refractivity contribution is 6.31. The lowest BCUT2D eigenvalue weighted by molar-refractivity contribution is 0.475. The molecule has 0 saturated carbocycles. The number of hydrogen-bond acceptors (Lipinski definition) is 3. The lowest BCUT2D eigenvalue weighted by atomic mass is 10.2. The van der Waals surface area contributed by atoms with E-state index in [9.17, 15) is 0 Å². The van der Waals surface area contributed by atoms with Crippen molar-refractivity contribution < 1.29 is 4.42 Å². The molecule has 0 aliphatic rings. The fourth-order valence-corrected chi connectivity index (χ4v) is 1.93. The Bertz CT molecular complexity index is 504. The maximum absolute atomic E-state index is 5.99. The van der Waals surface area contributed by atoms with Gasteiger partial charge in [0.25, 0.3) is 0 Å². The van der Waals surface area contributed by atoms with Crippen LogP contribution in [0.4, 0.5) is 0 Å². The topological polar surface area (TPSA) is 43.0 Å². The van der Waals surface area contributed by atoms with Gasteiger partial charge in [0.05, 0.1) is 36.3 Å². The van der Waals surface area contributed by atoms with Gasteiger partial charge in [0.1, 0.15) is 5.76 Å². The van der Waals surface area contributed by atoms with Crippen molar-refractivity contribution in [3.05, 3.63) is 40.6 Å². The molecular formula is C13H18ClN3O. The van der Waals surface area contributed by atoms with Crippen LogP contribution in [0.3, 0.4) is 0 Å². The molecule has 5 heteroatoms. The summed E-state index contributed by atoms with van der Waals surface area (Å²) < 4.78 is 7.38. The van der Waals surface area contributed by atoms with Gasteiger partial charge in [-0.25, -0.2) is 0 Å². The first-order valence-corrected chi connectivity index (χ1v) is 6.54. The third-order valence-electron chi connectivity index (χ3n) is 2.91. The standard InChI is InChI=1S/C13H18ClN3O/c1-3-5-15-8-13-11(4-6-18-13)9-17-10(2)12(14)7-16-17/h4,6-7,15H,3,5,8-9H2,1-2H3. The van der Waals surface area contributed by atoms with E-state index in [1.807, 2.05) is 17.7 Å². The second kappa shape index (κ2) is 6.07. The van der Waals surface area contributed by atoms with E-state index >= 15 is 0 Å².